The van der Waals surface area contributed by atoms with Crippen molar-refractivity contribution in [2.24, 2.45) is 0 Å². The Bertz CT molecular complexity index is 1440. The highest BCUT2D eigenvalue weighted by atomic mass is 79.9. The fraction of sp³-hybridized carbons (Fsp3) is 0.120. The van der Waals surface area contributed by atoms with Crippen molar-refractivity contribution >= 4 is 55.0 Å². The lowest BCUT2D eigenvalue weighted by molar-refractivity contribution is -0.123. The number of nitrogens with zero attached hydrogens (tertiary/aromatic N) is 1. The molecule has 0 saturated carbocycles. The molecule has 1 fully saturated rings. The van der Waals surface area contributed by atoms with Gasteiger partial charge in [-0.2, -0.15) is 8.42 Å². The second-order valence-corrected chi connectivity index (χ2v) is 11.0. The van der Waals surface area contributed by atoms with Crippen molar-refractivity contribution in [3.05, 3.63) is 87.2 Å². The van der Waals surface area contributed by atoms with Crippen LogP contribution in [0.25, 0.3) is 6.08 Å². The third-order valence-electron chi connectivity index (χ3n) is 5.16. The first-order valence-corrected chi connectivity index (χ1v) is 13.5. The summed E-state index contributed by atoms with van der Waals surface area (Å²) in [5.74, 6) is 0.232. The first kappa shape index (κ1) is 25.8. The Labute approximate surface area is 221 Å². The molecule has 36 heavy (non-hydrogen) atoms. The summed E-state index contributed by atoms with van der Waals surface area (Å²) in [4.78, 5) is 26.7. The molecule has 0 aromatic heterocycles. The number of carbonyl (C=O) groups excluding carboxylic acids is 2. The highest BCUT2D eigenvalue weighted by molar-refractivity contribution is 9.10. The first-order valence-electron chi connectivity index (χ1n) is 10.5. The lowest BCUT2D eigenvalue weighted by Crippen LogP contribution is -2.27. The van der Waals surface area contributed by atoms with Gasteiger partial charge in [-0.25, -0.2) is 0 Å². The van der Waals surface area contributed by atoms with E-state index in [1.165, 1.54) is 55.5 Å². The van der Waals surface area contributed by atoms with Gasteiger partial charge in [0.2, 0.25) is 0 Å². The zero-order valence-corrected chi connectivity index (χ0v) is 22.4. The van der Waals surface area contributed by atoms with Crippen LogP contribution in [0.4, 0.5) is 4.79 Å². The zero-order chi connectivity index (χ0) is 25.9. The number of halogens is 1. The van der Waals surface area contributed by atoms with Crippen molar-refractivity contribution in [3.63, 3.8) is 0 Å². The van der Waals surface area contributed by atoms with Crippen molar-refractivity contribution < 1.29 is 31.7 Å². The molecule has 1 aliphatic heterocycles. The predicted octanol–water partition coefficient (Wildman–Crippen LogP) is 5.47. The van der Waals surface area contributed by atoms with Crippen molar-refractivity contribution in [3.8, 4) is 17.2 Å². The van der Waals surface area contributed by atoms with E-state index in [4.69, 9.17) is 13.7 Å². The van der Waals surface area contributed by atoms with Gasteiger partial charge in [-0.05, 0) is 77.5 Å². The predicted molar refractivity (Wildman–Crippen MR) is 139 cm³/mol. The fourth-order valence-corrected chi connectivity index (χ4v) is 5.35. The van der Waals surface area contributed by atoms with Crippen LogP contribution in [0.5, 0.6) is 17.2 Å². The molecule has 8 nitrogen and oxygen atoms in total. The van der Waals surface area contributed by atoms with Crippen LogP contribution in [-0.2, 0) is 21.5 Å². The summed E-state index contributed by atoms with van der Waals surface area (Å²) in [5.41, 5.74) is 1.36. The average molecular weight is 590 g/mol. The number of benzene rings is 3. The third kappa shape index (κ3) is 5.75. The van der Waals surface area contributed by atoms with Crippen LogP contribution in [0.15, 0.2) is 81.0 Å². The van der Waals surface area contributed by atoms with E-state index in [0.717, 1.165) is 21.8 Å². The average Bonchev–Trinajstić information content (AvgIpc) is 3.13. The molecule has 0 N–H and O–H groups in total. The highest BCUT2D eigenvalue weighted by Crippen LogP contribution is 2.36. The number of ether oxygens (including phenoxy) is 2. The van der Waals surface area contributed by atoms with E-state index in [1.807, 2.05) is 24.3 Å². The lowest BCUT2D eigenvalue weighted by atomic mass is 10.1. The second kappa shape index (κ2) is 10.8. The standard InChI is InChI=1S/C25H20BrNO7S2/c1-32-19-8-10-20(11-9-19)36(30,31)34-21-12-5-17(13-22(21)33-2)14-23-24(28)27(25(29)35-23)15-16-3-6-18(26)7-4-16/h3-14H,15H2,1-2H3/b23-14-. The molecule has 11 heteroatoms. The first-order chi connectivity index (χ1) is 17.2. The SMILES string of the molecule is COc1ccc(S(=O)(=O)Oc2ccc(/C=C3\SC(=O)N(Cc4ccc(Br)cc4)C3=O)cc2OC)cc1. The quantitative estimate of drug-likeness (QED) is 0.252. The van der Waals surface area contributed by atoms with E-state index in [0.29, 0.717) is 11.3 Å². The number of imide groups is 1. The van der Waals surface area contributed by atoms with Crippen LogP contribution < -0.4 is 13.7 Å². The summed E-state index contributed by atoms with van der Waals surface area (Å²) in [6.45, 7) is 0.161. The molecular weight excluding hydrogens is 570 g/mol. The monoisotopic (exact) mass is 589 g/mol. The maximum atomic E-state index is 12.9. The van der Waals surface area contributed by atoms with E-state index >= 15 is 0 Å². The smallest absolute Gasteiger partial charge is 0.339 e. The summed E-state index contributed by atoms with van der Waals surface area (Å²) < 4.78 is 41.9. The largest absolute Gasteiger partial charge is 0.497 e. The molecule has 0 atom stereocenters. The molecule has 1 aliphatic rings. The van der Waals surface area contributed by atoms with Gasteiger partial charge in [-0.15, -0.1) is 0 Å². The topological polar surface area (TPSA) is 99.2 Å². The number of rotatable bonds is 8. The molecular formula is C25H20BrNO7S2. The molecule has 3 aromatic rings. The highest BCUT2D eigenvalue weighted by Gasteiger charge is 2.35. The minimum Gasteiger partial charge on any atom is -0.497 e. The number of amides is 2. The number of thioether (sulfide) groups is 1. The molecule has 2 amide bonds. The molecule has 0 aliphatic carbocycles. The fourth-order valence-electron chi connectivity index (χ4n) is 3.31. The minimum atomic E-state index is -4.13. The van der Waals surface area contributed by atoms with Gasteiger partial charge in [0.05, 0.1) is 25.7 Å². The summed E-state index contributed by atoms with van der Waals surface area (Å²) >= 11 is 4.20. The summed E-state index contributed by atoms with van der Waals surface area (Å²) in [6, 6.07) is 17.7. The molecule has 0 bridgehead atoms. The van der Waals surface area contributed by atoms with Crippen LogP contribution in [0.3, 0.4) is 0 Å². The zero-order valence-electron chi connectivity index (χ0n) is 19.1. The maximum Gasteiger partial charge on any atom is 0.339 e. The van der Waals surface area contributed by atoms with Gasteiger partial charge in [0.1, 0.15) is 10.6 Å². The van der Waals surface area contributed by atoms with Gasteiger partial charge in [-0.3, -0.25) is 14.5 Å². The van der Waals surface area contributed by atoms with Crippen molar-refractivity contribution in [1.29, 1.82) is 0 Å². The molecule has 0 radical (unpaired) electrons. The summed E-state index contributed by atoms with van der Waals surface area (Å²) in [6.07, 6.45) is 1.55. The molecule has 186 valence electrons. The maximum absolute atomic E-state index is 12.9. The van der Waals surface area contributed by atoms with Gasteiger partial charge in [0, 0.05) is 4.47 Å². The van der Waals surface area contributed by atoms with E-state index in [-0.39, 0.29) is 33.1 Å². The molecule has 0 unspecified atom stereocenters. The molecule has 1 saturated heterocycles. The van der Waals surface area contributed by atoms with Crippen LogP contribution in [-0.4, -0.2) is 38.7 Å². The van der Waals surface area contributed by atoms with Crippen LogP contribution in [0, 0.1) is 0 Å². The van der Waals surface area contributed by atoms with Gasteiger partial charge >= 0.3 is 10.1 Å². The Morgan fingerprint density at radius 2 is 1.61 bits per heavy atom. The van der Waals surface area contributed by atoms with Crippen molar-refractivity contribution in [2.75, 3.05) is 14.2 Å². The Morgan fingerprint density at radius 3 is 2.25 bits per heavy atom. The minimum absolute atomic E-state index is 0.0196. The number of carbonyl (C=O) groups is 2. The normalized spacial score (nSPS) is 14.9. The Kier molecular flexibility index (Phi) is 7.72. The summed E-state index contributed by atoms with van der Waals surface area (Å²) in [5, 5.41) is -0.369. The van der Waals surface area contributed by atoms with Crippen molar-refractivity contribution in [2.45, 2.75) is 11.4 Å². The van der Waals surface area contributed by atoms with Crippen LogP contribution in [0.1, 0.15) is 11.1 Å². The Balaban J connectivity index is 1.53. The third-order valence-corrected chi connectivity index (χ3v) is 7.85. The number of methoxy groups -OCH3 is 2. The molecule has 3 aromatic carbocycles. The second-order valence-electron chi connectivity index (χ2n) is 7.52. The molecule has 0 spiro atoms. The Morgan fingerprint density at radius 1 is 0.917 bits per heavy atom. The number of hydrogen-bond acceptors (Lipinski definition) is 8. The van der Waals surface area contributed by atoms with E-state index in [2.05, 4.69) is 15.9 Å². The lowest BCUT2D eigenvalue weighted by Gasteiger charge is -2.12. The van der Waals surface area contributed by atoms with Gasteiger partial charge in [0.15, 0.2) is 11.5 Å². The molecule has 4 rings (SSSR count). The molecule has 1 heterocycles. The summed E-state index contributed by atoms with van der Waals surface area (Å²) in [7, 11) is -1.27. The van der Waals surface area contributed by atoms with E-state index in [9.17, 15) is 18.0 Å². The van der Waals surface area contributed by atoms with Gasteiger partial charge < -0.3 is 13.7 Å². The number of hydrogen-bond donors (Lipinski definition) is 0. The van der Waals surface area contributed by atoms with Crippen molar-refractivity contribution in [1.82, 2.24) is 4.90 Å². The van der Waals surface area contributed by atoms with E-state index in [1.54, 1.807) is 12.1 Å². The van der Waals surface area contributed by atoms with Gasteiger partial charge in [0.25, 0.3) is 11.1 Å². The van der Waals surface area contributed by atoms with E-state index < -0.39 is 16.0 Å². The Hall–Kier alpha value is -3.28. The van der Waals surface area contributed by atoms with Gasteiger partial charge in [-0.1, -0.05) is 34.1 Å². The van der Waals surface area contributed by atoms with Crippen LogP contribution >= 0.6 is 27.7 Å². The van der Waals surface area contributed by atoms with Crippen LogP contribution in [0.2, 0.25) is 0 Å².